The van der Waals surface area contributed by atoms with Gasteiger partial charge in [0.25, 0.3) is 5.91 Å². The molecule has 0 saturated carbocycles. The predicted molar refractivity (Wildman–Crippen MR) is 102 cm³/mol. The summed E-state index contributed by atoms with van der Waals surface area (Å²) in [5, 5.41) is 14.8. The summed E-state index contributed by atoms with van der Waals surface area (Å²) >= 11 is 0. The number of carbonyl (C=O) groups is 3. The number of phenolic OH excluding ortho intramolecular Hbond substituents is 1. The van der Waals surface area contributed by atoms with Gasteiger partial charge in [-0.25, -0.2) is 0 Å². The Morgan fingerprint density at radius 3 is 2.37 bits per heavy atom. The molecule has 7 nitrogen and oxygen atoms in total. The lowest BCUT2D eigenvalue weighted by Gasteiger charge is -2.35. The zero-order valence-corrected chi connectivity index (χ0v) is 16.2. The highest BCUT2D eigenvalue weighted by atomic mass is 16.3. The first-order chi connectivity index (χ1) is 12.7. The van der Waals surface area contributed by atoms with Gasteiger partial charge in [0, 0.05) is 37.2 Å². The lowest BCUT2D eigenvalue weighted by molar-refractivity contribution is -0.142. The Morgan fingerprint density at radius 2 is 1.74 bits per heavy atom. The van der Waals surface area contributed by atoms with Crippen molar-refractivity contribution in [1.29, 1.82) is 0 Å². The number of hydrogen-bond donors (Lipinski definition) is 3. The number of carbonyl (C=O) groups excluding carboxylic acids is 3. The van der Waals surface area contributed by atoms with Crippen molar-refractivity contribution in [3.8, 4) is 5.75 Å². The minimum absolute atomic E-state index is 0.0705. The first kappa shape index (κ1) is 20.7. The molecule has 1 saturated heterocycles. The molecule has 1 aromatic carbocycles. The number of amides is 3. The first-order valence-corrected chi connectivity index (χ1v) is 9.33. The average molecular weight is 375 g/mol. The Bertz CT molecular complexity index is 679. The number of benzene rings is 1. The van der Waals surface area contributed by atoms with Gasteiger partial charge in [0.05, 0.1) is 5.92 Å². The summed E-state index contributed by atoms with van der Waals surface area (Å²) < 4.78 is 0. The van der Waals surface area contributed by atoms with Crippen LogP contribution in [0.4, 0.5) is 0 Å². The Labute approximate surface area is 160 Å². The van der Waals surface area contributed by atoms with Gasteiger partial charge in [0.15, 0.2) is 0 Å². The minimum Gasteiger partial charge on any atom is -0.508 e. The molecule has 0 radical (unpaired) electrons. The van der Waals surface area contributed by atoms with E-state index in [2.05, 4.69) is 10.6 Å². The molecule has 1 heterocycles. The third kappa shape index (κ3) is 5.98. The van der Waals surface area contributed by atoms with Gasteiger partial charge in [-0.15, -0.1) is 0 Å². The fraction of sp³-hybridized carbons (Fsp3) is 0.550. The second-order valence-electron chi connectivity index (χ2n) is 7.93. The molecule has 1 aliphatic rings. The van der Waals surface area contributed by atoms with E-state index < -0.39 is 5.41 Å². The Balaban J connectivity index is 1.74. The largest absolute Gasteiger partial charge is 0.508 e. The zero-order valence-electron chi connectivity index (χ0n) is 16.2. The number of nitrogens with one attached hydrogen (secondary N) is 2. The van der Waals surface area contributed by atoms with Crippen LogP contribution < -0.4 is 10.6 Å². The number of hydrogen-bond acceptors (Lipinski definition) is 4. The molecule has 0 aromatic heterocycles. The molecule has 3 N–H and O–H groups in total. The molecule has 1 unspecified atom stereocenters. The van der Waals surface area contributed by atoms with E-state index in [-0.39, 0.29) is 29.4 Å². The standard InChI is InChI=1S/C20H29N3O4/c1-20(2,3)19(27)23-12-4-5-15(13-23)18(26)22-11-10-21-17(25)14-6-8-16(24)9-7-14/h6-9,15,24H,4-5,10-13H2,1-3H3,(H,21,25)(H,22,26). The maximum absolute atomic E-state index is 12.4. The summed E-state index contributed by atoms with van der Waals surface area (Å²) in [6.45, 7) is 7.43. The molecule has 1 aliphatic heterocycles. The van der Waals surface area contributed by atoms with Crippen molar-refractivity contribution < 1.29 is 19.5 Å². The summed E-state index contributed by atoms with van der Waals surface area (Å²) in [7, 11) is 0. The molecule has 1 atom stereocenters. The van der Waals surface area contributed by atoms with Crippen molar-refractivity contribution in [2.45, 2.75) is 33.6 Å². The molecular formula is C20H29N3O4. The van der Waals surface area contributed by atoms with E-state index in [1.54, 1.807) is 4.90 Å². The fourth-order valence-corrected chi connectivity index (χ4v) is 3.07. The van der Waals surface area contributed by atoms with Crippen LogP contribution in [-0.4, -0.2) is 53.9 Å². The van der Waals surface area contributed by atoms with Crippen molar-refractivity contribution in [1.82, 2.24) is 15.5 Å². The zero-order chi connectivity index (χ0) is 20.0. The van der Waals surface area contributed by atoms with Gasteiger partial charge in [0.1, 0.15) is 5.75 Å². The van der Waals surface area contributed by atoms with Crippen LogP contribution in [0.5, 0.6) is 5.75 Å². The highest BCUT2D eigenvalue weighted by molar-refractivity contribution is 5.94. The number of rotatable bonds is 5. The van der Waals surface area contributed by atoms with E-state index in [4.69, 9.17) is 0 Å². The summed E-state index contributed by atoms with van der Waals surface area (Å²) in [6, 6.07) is 5.97. The lowest BCUT2D eigenvalue weighted by Crippen LogP contribution is -2.49. The molecule has 27 heavy (non-hydrogen) atoms. The smallest absolute Gasteiger partial charge is 0.251 e. The predicted octanol–water partition coefficient (Wildman–Crippen LogP) is 1.52. The van der Waals surface area contributed by atoms with E-state index in [1.807, 2.05) is 20.8 Å². The maximum Gasteiger partial charge on any atom is 0.251 e. The number of likely N-dealkylation sites (tertiary alicyclic amines) is 1. The van der Waals surface area contributed by atoms with Gasteiger partial charge in [0.2, 0.25) is 11.8 Å². The fourth-order valence-electron chi connectivity index (χ4n) is 3.07. The van der Waals surface area contributed by atoms with E-state index in [0.29, 0.717) is 31.7 Å². The van der Waals surface area contributed by atoms with Crippen molar-refractivity contribution in [3.05, 3.63) is 29.8 Å². The summed E-state index contributed by atoms with van der Waals surface area (Å²) in [6.07, 6.45) is 1.58. The summed E-state index contributed by atoms with van der Waals surface area (Å²) in [4.78, 5) is 38.5. The molecule has 1 fully saturated rings. The normalized spacial score (nSPS) is 17.3. The number of nitrogens with zero attached hydrogens (tertiary/aromatic N) is 1. The molecule has 0 bridgehead atoms. The van der Waals surface area contributed by atoms with E-state index in [0.717, 1.165) is 12.8 Å². The van der Waals surface area contributed by atoms with E-state index >= 15 is 0 Å². The van der Waals surface area contributed by atoms with E-state index in [9.17, 15) is 19.5 Å². The molecule has 0 aliphatic carbocycles. The van der Waals surface area contributed by atoms with Crippen molar-refractivity contribution in [3.63, 3.8) is 0 Å². The second kappa shape index (κ2) is 8.88. The maximum atomic E-state index is 12.4. The highest BCUT2D eigenvalue weighted by Gasteiger charge is 2.33. The van der Waals surface area contributed by atoms with Crippen molar-refractivity contribution >= 4 is 17.7 Å². The second-order valence-corrected chi connectivity index (χ2v) is 7.93. The van der Waals surface area contributed by atoms with Crippen LogP contribution in [0.1, 0.15) is 44.0 Å². The van der Waals surface area contributed by atoms with Gasteiger partial charge in [-0.3, -0.25) is 14.4 Å². The van der Waals surface area contributed by atoms with Crippen LogP contribution in [0.25, 0.3) is 0 Å². The van der Waals surface area contributed by atoms with Gasteiger partial charge in [-0.1, -0.05) is 20.8 Å². The third-order valence-electron chi connectivity index (χ3n) is 4.56. The first-order valence-electron chi connectivity index (χ1n) is 9.33. The van der Waals surface area contributed by atoms with Crippen LogP contribution in [0.2, 0.25) is 0 Å². The summed E-state index contributed by atoms with van der Waals surface area (Å²) in [5.41, 5.74) is -0.000561. The Morgan fingerprint density at radius 1 is 1.11 bits per heavy atom. The molecular weight excluding hydrogens is 346 g/mol. The third-order valence-corrected chi connectivity index (χ3v) is 4.56. The topological polar surface area (TPSA) is 98.7 Å². The molecule has 2 rings (SSSR count). The van der Waals surface area contributed by atoms with E-state index in [1.165, 1.54) is 24.3 Å². The number of phenols is 1. The number of aromatic hydroxyl groups is 1. The average Bonchev–Trinajstić information content (AvgIpc) is 2.64. The lowest BCUT2D eigenvalue weighted by atomic mass is 9.91. The molecule has 3 amide bonds. The van der Waals surface area contributed by atoms with Crippen LogP contribution in [-0.2, 0) is 9.59 Å². The Hall–Kier alpha value is -2.57. The molecule has 148 valence electrons. The molecule has 7 heteroatoms. The monoisotopic (exact) mass is 375 g/mol. The minimum atomic E-state index is -0.448. The SMILES string of the molecule is CC(C)(C)C(=O)N1CCCC(C(=O)NCCNC(=O)c2ccc(O)cc2)C1. The van der Waals surface area contributed by atoms with Crippen LogP contribution in [0.15, 0.2) is 24.3 Å². The van der Waals surface area contributed by atoms with Crippen LogP contribution in [0, 0.1) is 11.3 Å². The van der Waals surface area contributed by atoms with Crippen molar-refractivity contribution in [2.24, 2.45) is 11.3 Å². The van der Waals surface area contributed by atoms with Gasteiger partial charge >= 0.3 is 0 Å². The van der Waals surface area contributed by atoms with Crippen LogP contribution in [0.3, 0.4) is 0 Å². The summed E-state index contributed by atoms with van der Waals surface area (Å²) in [5.74, 6) is -0.381. The van der Waals surface area contributed by atoms with Gasteiger partial charge in [-0.05, 0) is 37.1 Å². The molecule has 0 spiro atoms. The molecule has 1 aromatic rings. The van der Waals surface area contributed by atoms with Crippen molar-refractivity contribution in [2.75, 3.05) is 26.2 Å². The number of piperidine rings is 1. The highest BCUT2D eigenvalue weighted by Crippen LogP contribution is 2.23. The van der Waals surface area contributed by atoms with Gasteiger partial charge in [-0.2, -0.15) is 0 Å². The Kier molecular flexibility index (Phi) is 6.82. The van der Waals surface area contributed by atoms with Gasteiger partial charge < -0.3 is 20.6 Å². The quantitative estimate of drug-likeness (QED) is 0.680. The van der Waals surface area contributed by atoms with Crippen LogP contribution >= 0.6 is 0 Å².